The lowest BCUT2D eigenvalue weighted by atomic mass is 10.2. The zero-order valence-corrected chi connectivity index (χ0v) is 11.9. The molecular formula is C12H14Cl2N2O3. The largest absolute Gasteiger partial charge is 0.493 e. The molecule has 0 fully saturated rings. The van der Waals surface area contributed by atoms with E-state index in [4.69, 9.17) is 21.1 Å². The van der Waals surface area contributed by atoms with E-state index in [-0.39, 0.29) is 18.0 Å². The van der Waals surface area contributed by atoms with Crippen LogP contribution >= 0.6 is 24.0 Å². The zero-order chi connectivity index (χ0) is 13.0. The number of H-pyrrole nitrogens is 1. The topological polar surface area (TPSA) is 64.2 Å². The van der Waals surface area contributed by atoms with Gasteiger partial charge in [-0.1, -0.05) is 0 Å². The number of hydrogen-bond donors (Lipinski definition) is 1. The molecule has 2 rings (SSSR count). The van der Waals surface area contributed by atoms with E-state index in [1.54, 1.807) is 19.2 Å². The third kappa shape index (κ3) is 3.52. The van der Waals surface area contributed by atoms with Crippen molar-refractivity contribution in [2.75, 3.05) is 19.6 Å². The Kier molecular flexibility index (Phi) is 5.92. The van der Waals surface area contributed by atoms with Gasteiger partial charge in [-0.05, 0) is 12.5 Å². The molecule has 1 aromatic heterocycles. The Morgan fingerprint density at radius 3 is 2.84 bits per heavy atom. The molecule has 1 aromatic carbocycles. The minimum atomic E-state index is -0.204. The third-order valence-corrected chi connectivity index (χ3v) is 2.73. The van der Waals surface area contributed by atoms with E-state index in [0.29, 0.717) is 34.9 Å². The van der Waals surface area contributed by atoms with Crippen LogP contribution in [0.3, 0.4) is 0 Å². The van der Waals surface area contributed by atoms with Crippen molar-refractivity contribution in [3.8, 4) is 11.5 Å². The molecule has 1 N–H and O–H groups in total. The van der Waals surface area contributed by atoms with Crippen molar-refractivity contribution >= 4 is 34.9 Å². The van der Waals surface area contributed by atoms with E-state index < -0.39 is 0 Å². The minimum absolute atomic E-state index is 0. The quantitative estimate of drug-likeness (QED) is 0.680. The van der Waals surface area contributed by atoms with E-state index >= 15 is 0 Å². The summed E-state index contributed by atoms with van der Waals surface area (Å²) in [6.45, 7) is 0.476. The second-order valence-corrected chi connectivity index (χ2v) is 4.02. The normalized spacial score (nSPS) is 10.0. The van der Waals surface area contributed by atoms with E-state index in [2.05, 4.69) is 9.97 Å². The van der Waals surface area contributed by atoms with Crippen molar-refractivity contribution in [3.63, 3.8) is 0 Å². The maximum absolute atomic E-state index is 11.6. The molecule has 104 valence electrons. The first-order valence-corrected chi connectivity index (χ1v) is 6.04. The molecule has 19 heavy (non-hydrogen) atoms. The molecule has 0 atom stereocenters. The summed E-state index contributed by atoms with van der Waals surface area (Å²) in [7, 11) is 1.54. The lowest BCUT2D eigenvalue weighted by molar-refractivity contribution is 0.295. The Hall–Kier alpha value is -1.46. The van der Waals surface area contributed by atoms with Gasteiger partial charge in [-0.15, -0.1) is 24.0 Å². The highest BCUT2D eigenvalue weighted by Gasteiger charge is 2.09. The van der Waals surface area contributed by atoms with Gasteiger partial charge < -0.3 is 14.5 Å². The average molecular weight is 305 g/mol. The predicted molar refractivity (Wildman–Crippen MR) is 77.0 cm³/mol. The molecule has 0 radical (unpaired) electrons. The van der Waals surface area contributed by atoms with Gasteiger partial charge in [0.05, 0.1) is 30.9 Å². The fourth-order valence-corrected chi connectivity index (χ4v) is 1.69. The predicted octanol–water partition coefficient (Wildman–Crippen LogP) is 2.36. The van der Waals surface area contributed by atoms with Crippen molar-refractivity contribution in [3.05, 3.63) is 28.8 Å². The van der Waals surface area contributed by atoms with Gasteiger partial charge >= 0.3 is 0 Å². The van der Waals surface area contributed by atoms with Crippen LogP contribution in [0, 0.1) is 0 Å². The highest BCUT2D eigenvalue weighted by Crippen LogP contribution is 2.30. The number of aromatic nitrogens is 2. The van der Waals surface area contributed by atoms with Crippen molar-refractivity contribution in [2.24, 2.45) is 0 Å². The number of alkyl halides is 1. The van der Waals surface area contributed by atoms with E-state index in [1.807, 2.05) is 0 Å². The molecule has 5 nitrogen and oxygen atoms in total. The molecule has 0 saturated carbocycles. The molecular weight excluding hydrogens is 291 g/mol. The Labute approximate surface area is 121 Å². The summed E-state index contributed by atoms with van der Waals surface area (Å²) >= 11 is 5.59. The SMILES string of the molecule is COc1cc2nc[nH]c(=O)c2cc1OCCCCl.Cl. The summed E-state index contributed by atoms with van der Waals surface area (Å²) in [6, 6.07) is 3.31. The van der Waals surface area contributed by atoms with Gasteiger partial charge in [-0.2, -0.15) is 0 Å². The third-order valence-electron chi connectivity index (χ3n) is 2.46. The molecule has 0 bridgehead atoms. The minimum Gasteiger partial charge on any atom is -0.493 e. The molecule has 1 heterocycles. The Balaban J connectivity index is 0.00000180. The number of benzene rings is 1. The van der Waals surface area contributed by atoms with Crippen LogP contribution in [0.2, 0.25) is 0 Å². The van der Waals surface area contributed by atoms with Gasteiger partial charge in [0.1, 0.15) is 0 Å². The number of ether oxygens (including phenoxy) is 2. The number of nitrogens with zero attached hydrogens (tertiary/aromatic N) is 1. The van der Waals surface area contributed by atoms with E-state index in [0.717, 1.165) is 6.42 Å². The smallest absolute Gasteiger partial charge is 0.258 e. The highest BCUT2D eigenvalue weighted by molar-refractivity contribution is 6.17. The molecule has 0 amide bonds. The van der Waals surface area contributed by atoms with Crippen LogP contribution in [0.4, 0.5) is 0 Å². The van der Waals surface area contributed by atoms with Crippen LogP contribution < -0.4 is 15.0 Å². The summed E-state index contributed by atoms with van der Waals surface area (Å²) < 4.78 is 10.8. The summed E-state index contributed by atoms with van der Waals surface area (Å²) in [5, 5.41) is 0.471. The first kappa shape index (κ1) is 15.6. The van der Waals surface area contributed by atoms with Gasteiger partial charge in [0.25, 0.3) is 5.56 Å². The molecule has 0 spiro atoms. The fourth-order valence-electron chi connectivity index (χ4n) is 1.59. The summed E-state index contributed by atoms with van der Waals surface area (Å²) in [6.07, 6.45) is 2.09. The Bertz CT molecular complexity index is 601. The Morgan fingerprint density at radius 2 is 2.16 bits per heavy atom. The van der Waals surface area contributed by atoms with Crippen molar-refractivity contribution in [1.82, 2.24) is 9.97 Å². The summed E-state index contributed by atoms with van der Waals surface area (Å²) in [4.78, 5) is 18.2. The maximum Gasteiger partial charge on any atom is 0.258 e. The van der Waals surface area contributed by atoms with Crippen molar-refractivity contribution in [1.29, 1.82) is 0 Å². The van der Waals surface area contributed by atoms with Crippen LogP contribution in [-0.2, 0) is 0 Å². The number of methoxy groups -OCH3 is 1. The van der Waals surface area contributed by atoms with Crippen LogP contribution in [0.5, 0.6) is 11.5 Å². The molecule has 0 aliphatic rings. The molecule has 2 aromatic rings. The van der Waals surface area contributed by atoms with Gasteiger partial charge in [-0.3, -0.25) is 4.79 Å². The van der Waals surface area contributed by atoms with Gasteiger partial charge in [0, 0.05) is 11.9 Å². The first-order chi connectivity index (χ1) is 8.76. The number of fused-ring (bicyclic) bond motifs is 1. The van der Waals surface area contributed by atoms with Gasteiger partial charge in [0.2, 0.25) is 0 Å². The average Bonchev–Trinajstić information content (AvgIpc) is 2.39. The monoisotopic (exact) mass is 304 g/mol. The van der Waals surface area contributed by atoms with E-state index in [9.17, 15) is 4.79 Å². The summed E-state index contributed by atoms with van der Waals surface area (Å²) in [5.41, 5.74) is 0.366. The van der Waals surface area contributed by atoms with Crippen LogP contribution in [0.25, 0.3) is 10.9 Å². The lowest BCUT2D eigenvalue weighted by Gasteiger charge is -2.10. The second kappa shape index (κ2) is 7.21. The fraction of sp³-hybridized carbons (Fsp3) is 0.333. The summed E-state index contributed by atoms with van der Waals surface area (Å²) in [5.74, 6) is 1.60. The molecule has 0 unspecified atom stereocenters. The molecule has 0 saturated heterocycles. The standard InChI is InChI=1S/C12H13ClN2O3.ClH/c1-17-10-6-9-8(12(16)15-7-14-9)5-11(10)18-4-2-3-13;/h5-7H,2-4H2,1H3,(H,14,15,16);1H. The Morgan fingerprint density at radius 1 is 1.37 bits per heavy atom. The van der Waals surface area contributed by atoms with Crippen LogP contribution in [0.1, 0.15) is 6.42 Å². The van der Waals surface area contributed by atoms with Crippen LogP contribution in [0.15, 0.2) is 23.3 Å². The number of hydrogen-bond acceptors (Lipinski definition) is 4. The second-order valence-electron chi connectivity index (χ2n) is 3.64. The van der Waals surface area contributed by atoms with Crippen molar-refractivity contribution in [2.45, 2.75) is 6.42 Å². The number of nitrogens with one attached hydrogen (secondary N) is 1. The van der Waals surface area contributed by atoms with E-state index in [1.165, 1.54) is 6.33 Å². The van der Waals surface area contributed by atoms with Crippen LogP contribution in [-0.4, -0.2) is 29.6 Å². The zero-order valence-electron chi connectivity index (χ0n) is 10.3. The lowest BCUT2D eigenvalue weighted by Crippen LogP contribution is -2.07. The number of aromatic amines is 1. The van der Waals surface area contributed by atoms with Crippen molar-refractivity contribution < 1.29 is 9.47 Å². The maximum atomic E-state index is 11.6. The number of rotatable bonds is 5. The molecule has 0 aliphatic carbocycles. The number of halogens is 2. The molecule has 7 heteroatoms. The van der Waals surface area contributed by atoms with Gasteiger partial charge in [-0.25, -0.2) is 4.98 Å². The first-order valence-electron chi connectivity index (χ1n) is 5.50. The molecule has 0 aliphatic heterocycles. The van der Waals surface area contributed by atoms with Gasteiger partial charge in [0.15, 0.2) is 11.5 Å². The highest BCUT2D eigenvalue weighted by atomic mass is 35.5.